The molecule has 0 aromatic heterocycles. The van der Waals surface area contributed by atoms with Gasteiger partial charge in [0.05, 0.1) is 12.2 Å². The van der Waals surface area contributed by atoms with Gasteiger partial charge in [-0.25, -0.2) is 22.0 Å². The fourth-order valence-corrected chi connectivity index (χ4v) is 3.29. The van der Waals surface area contributed by atoms with Gasteiger partial charge in [-0.2, -0.15) is 0 Å². The number of hydrogen-bond donors (Lipinski definition) is 0. The van der Waals surface area contributed by atoms with Gasteiger partial charge in [0, 0.05) is 10.9 Å². The molecule has 32 heavy (non-hydrogen) atoms. The highest BCUT2D eigenvalue weighted by Gasteiger charge is 2.14. The maximum Gasteiger partial charge on any atom is 0.195 e. The third kappa shape index (κ3) is 4.15. The molecule has 0 atom stereocenters. The quantitative estimate of drug-likeness (QED) is 0.190. The van der Waals surface area contributed by atoms with Gasteiger partial charge in [0.2, 0.25) is 0 Å². The molecule has 0 unspecified atom stereocenters. The van der Waals surface area contributed by atoms with Crippen LogP contribution in [0.4, 0.5) is 22.0 Å². The Labute approximate surface area is 181 Å². The second-order valence-electron chi connectivity index (χ2n) is 6.94. The molecule has 0 aliphatic rings. The summed E-state index contributed by atoms with van der Waals surface area (Å²) < 4.78 is 75.2. The Kier molecular flexibility index (Phi) is 5.83. The van der Waals surface area contributed by atoms with E-state index in [9.17, 15) is 22.0 Å². The number of rotatable bonds is 3. The Bertz CT molecular complexity index is 1360. The van der Waals surface area contributed by atoms with E-state index >= 15 is 0 Å². The van der Waals surface area contributed by atoms with Gasteiger partial charge in [-0.05, 0) is 65.9 Å². The van der Waals surface area contributed by atoms with E-state index in [1.807, 2.05) is 6.92 Å². The van der Waals surface area contributed by atoms with Crippen molar-refractivity contribution in [1.29, 1.82) is 0 Å². The van der Waals surface area contributed by atoms with Crippen molar-refractivity contribution in [3.8, 4) is 28.7 Å². The van der Waals surface area contributed by atoms with Gasteiger partial charge in [0.15, 0.2) is 17.5 Å². The Morgan fingerprint density at radius 1 is 0.688 bits per heavy atom. The predicted molar refractivity (Wildman–Crippen MR) is 113 cm³/mol. The highest BCUT2D eigenvalue weighted by molar-refractivity contribution is 5.84. The molecule has 0 fully saturated rings. The van der Waals surface area contributed by atoms with Gasteiger partial charge in [0.1, 0.15) is 17.4 Å². The van der Waals surface area contributed by atoms with Crippen LogP contribution in [0, 0.1) is 40.9 Å². The molecule has 0 saturated carbocycles. The second kappa shape index (κ2) is 8.72. The zero-order chi connectivity index (χ0) is 22.8. The van der Waals surface area contributed by atoms with Gasteiger partial charge in [-0.1, -0.05) is 30.0 Å². The maximum atomic E-state index is 14.6. The highest BCUT2D eigenvalue weighted by atomic mass is 19.2. The lowest BCUT2D eigenvalue weighted by atomic mass is 10.0. The SMILES string of the molecule is CCOc1ccc(-c2cc(F)c(C#Cc3ccc4c(F)c(F)c(F)cc4c3)c(F)c2)cc1. The molecule has 4 aromatic rings. The van der Waals surface area contributed by atoms with Crippen LogP contribution in [0.5, 0.6) is 5.75 Å². The molecular formula is C26H15F5O. The molecule has 160 valence electrons. The van der Waals surface area contributed by atoms with Gasteiger partial charge in [-0.15, -0.1) is 0 Å². The van der Waals surface area contributed by atoms with E-state index in [1.165, 1.54) is 30.3 Å². The van der Waals surface area contributed by atoms with Gasteiger partial charge < -0.3 is 4.74 Å². The van der Waals surface area contributed by atoms with E-state index in [4.69, 9.17) is 4.74 Å². The largest absolute Gasteiger partial charge is 0.494 e. The topological polar surface area (TPSA) is 9.23 Å². The third-order valence-corrected chi connectivity index (χ3v) is 4.85. The molecule has 0 heterocycles. The fourth-order valence-electron chi connectivity index (χ4n) is 3.29. The first-order valence-electron chi connectivity index (χ1n) is 9.69. The number of fused-ring (bicyclic) bond motifs is 1. The lowest BCUT2D eigenvalue weighted by Gasteiger charge is -2.07. The molecule has 0 radical (unpaired) electrons. The predicted octanol–water partition coefficient (Wildman–Crippen LogP) is 7.00. The van der Waals surface area contributed by atoms with Crippen LogP contribution in [0.15, 0.2) is 60.7 Å². The molecule has 0 amide bonds. The Morgan fingerprint density at radius 3 is 2.03 bits per heavy atom. The van der Waals surface area contributed by atoms with Crippen LogP contribution in [0.2, 0.25) is 0 Å². The molecule has 6 heteroatoms. The first kappa shape index (κ1) is 21.4. The summed E-state index contributed by atoms with van der Waals surface area (Å²) in [4.78, 5) is 0. The average Bonchev–Trinajstić information content (AvgIpc) is 2.77. The van der Waals surface area contributed by atoms with Crippen LogP contribution in [0.3, 0.4) is 0 Å². The summed E-state index contributed by atoms with van der Waals surface area (Å²) in [6.45, 7) is 2.36. The highest BCUT2D eigenvalue weighted by Crippen LogP contribution is 2.27. The monoisotopic (exact) mass is 438 g/mol. The van der Waals surface area contributed by atoms with Gasteiger partial charge in [-0.3, -0.25) is 0 Å². The number of benzene rings is 4. The summed E-state index contributed by atoms with van der Waals surface area (Å²) in [6, 6.07) is 13.9. The lowest BCUT2D eigenvalue weighted by Crippen LogP contribution is -1.94. The standard InChI is InChI=1S/C26H15F5O/c1-2-32-19-7-5-16(6-8-19)17-12-22(27)21(23(28)13-17)10-4-15-3-9-20-18(11-15)14-24(29)26(31)25(20)30/h3,5-9,11-14H,2H2,1H3. The number of ether oxygens (including phenoxy) is 1. The molecule has 1 nitrogen and oxygen atoms in total. The van der Waals surface area contributed by atoms with Crippen molar-refractivity contribution in [2.24, 2.45) is 0 Å². The molecule has 4 rings (SSSR count). The zero-order valence-corrected chi connectivity index (χ0v) is 16.8. The minimum absolute atomic E-state index is 0.0833. The van der Waals surface area contributed by atoms with Crippen molar-refractivity contribution in [2.75, 3.05) is 6.61 Å². The van der Waals surface area contributed by atoms with Gasteiger partial charge >= 0.3 is 0 Å². The minimum atomic E-state index is -1.56. The van der Waals surface area contributed by atoms with E-state index < -0.39 is 34.6 Å². The minimum Gasteiger partial charge on any atom is -0.494 e. The number of halogens is 5. The van der Waals surface area contributed by atoms with Crippen molar-refractivity contribution in [3.63, 3.8) is 0 Å². The summed E-state index contributed by atoms with van der Waals surface area (Å²) in [5.41, 5.74) is 0.775. The molecule has 0 bridgehead atoms. The van der Waals surface area contributed by atoms with Crippen LogP contribution in [-0.2, 0) is 0 Å². The van der Waals surface area contributed by atoms with E-state index in [0.717, 1.165) is 6.07 Å². The summed E-state index contributed by atoms with van der Waals surface area (Å²) >= 11 is 0. The maximum absolute atomic E-state index is 14.6. The summed E-state index contributed by atoms with van der Waals surface area (Å²) in [5.74, 6) is -0.229. The van der Waals surface area contributed by atoms with Crippen molar-refractivity contribution >= 4 is 10.8 Å². The summed E-state index contributed by atoms with van der Waals surface area (Å²) in [5, 5.41) is -0.0356. The van der Waals surface area contributed by atoms with Gasteiger partial charge in [0.25, 0.3) is 0 Å². The first-order valence-corrected chi connectivity index (χ1v) is 9.69. The van der Waals surface area contributed by atoms with E-state index in [0.29, 0.717) is 23.5 Å². The lowest BCUT2D eigenvalue weighted by molar-refractivity contribution is 0.340. The third-order valence-electron chi connectivity index (χ3n) is 4.85. The Morgan fingerprint density at radius 2 is 1.38 bits per heavy atom. The Hall–Kier alpha value is -3.85. The first-order chi connectivity index (χ1) is 15.4. The van der Waals surface area contributed by atoms with Crippen molar-refractivity contribution in [1.82, 2.24) is 0 Å². The van der Waals surface area contributed by atoms with Crippen LogP contribution in [-0.4, -0.2) is 6.61 Å². The second-order valence-corrected chi connectivity index (χ2v) is 6.94. The molecule has 0 saturated heterocycles. The Balaban J connectivity index is 1.67. The molecular weight excluding hydrogens is 423 g/mol. The van der Waals surface area contributed by atoms with Crippen molar-refractivity contribution in [3.05, 3.63) is 101 Å². The fraction of sp³-hybridized carbons (Fsp3) is 0.0769. The van der Waals surface area contributed by atoms with Crippen LogP contribution < -0.4 is 4.74 Å². The van der Waals surface area contributed by atoms with E-state index in [1.54, 1.807) is 24.3 Å². The van der Waals surface area contributed by atoms with Crippen molar-refractivity contribution in [2.45, 2.75) is 6.92 Å². The van der Waals surface area contributed by atoms with Crippen LogP contribution in [0.25, 0.3) is 21.9 Å². The molecule has 0 spiro atoms. The van der Waals surface area contributed by atoms with E-state index in [2.05, 4.69) is 11.8 Å². The summed E-state index contributed by atoms with van der Waals surface area (Å²) in [6.07, 6.45) is 0. The van der Waals surface area contributed by atoms with Crippen LogP contribution in [0.1, 0.15) is 18.1 Å². The zero-order valence-electron chi connectivity index (χ0n) is 16.8. The molecule has 0 aliphatic heterocycles. The van der Waals surface area contributed by atoms with E-state index in [-0.39, 0.29) is 16.3 Å². The van der Waals surface area contributed by atoms with Crippen molar-refractivity contribution < 1.29 is 26.7 Å². The molecule has 0 aliphatic carbocycles. The average molecular weight is 438 g/mol. The number of hydrogen-bond acceptors (Lipinski definition) is 1. The molecule has 0 N–H and O–H groups in total. The molecule has 4 aromatic carbocycles. The normalized spacial score (nSPS) is 10.7. The van der Waals surface area contributed by atoms with Crippen LogP contribution >= 0.6 is 0 Å². The smallest absolute Gasteiger partial charge is 0.195 e. The summed E-state index contributed by atoms with van der Waals surface area (Å²) in [7, 11) is 0.